The van der Waals surface area contributed by atoms with E-state index in [9.17, 15) is 48.9 Å². The lowest BCUT2D eigenvalue weighted by atomic mass is 10.0. The van der Waals surface area contributed by atoms with Crippen molar-refractivity contribution in [1.29, 1.82) is 0 Å². The second-order valence-electron chi connectivity index (χ2n) is 9.36. The highest BCUT2D eigenvalue weighted by Crippen LogP contribution is 2.07. The summed E-state index contributed by atoms with van der Waals surface area (Å²) in [6, 6.07) is -7.32. The number of carboxylic acids is 3. The summed E-state index contributed by atoms with van der Waals surface area (Å²) in [7, 11) is 0. The Bertz CT molecular complexity index is 914. The second-order valence-corrected chi connectivity index (χ2v) is 9.36. The van der Waals surface area contributed by atoms with Crippen molar-refractivity contribution in [3.8, 4) is 0 Å². The van der Waals surface area contributed by atoms with Crippen molar-refractivity contribution < 1.29 is 54.0 Å². The number of nitrogens with one attached hydrogen (secondary N) is 4. The molecule has 17 nitrogen and oxygen atoms in total. The van der Waals surface area contributed by atoms with Crippen LogP contribution >= 0.6 is 0 Å². The van der Waals surface area contributed by atoms with Crippen LogP contribution in [0.15, 0.2) is 0 Å². The minimum atomic E-state index is -1.76. The Morgan fingerprint density at radius 2 is 1.25 bits per heavy atom. The van der Waals surface area contributed by atoms with Crippen molar-refractivity contribution >= 4 is 41.5 Å². The van der Waals surface area contributed by atoms with Gasteiger partial charge < -0.3 is 53.2 Å². The van der Waals surface area contributed by atoms with Gasteiger partial charge in [-0.25, -0.2) is 4.79 Å². The lowest BCUT2D eigenvalue weighted by molar-refractivity contribution is -0.143. The van der Waals surface area contributed by atoms with E-state index in [-0.39, 0.29) is 12.8 Å². The zero-order valence-electron chi connectivity index (χ0n) is 22.4. The Labute approximate surface area is 230 Å². The molecular formula is C23H40N6O11. The quantitative estimate of drug-likeness (QED) is 0.0629. The monoisotopic (exact) mass is 576 g/mol. The van der Waals surface area contributed by atoms with Crippen molar-refractivity contribution in [1.82, 2.24) is 21.3 Å². The molecule has 0 bridgehead atoms. The average molecular weight is 577 g/mol. The highest BCUT2D eigenvalue weighted by Gasteiger charge is 2.33. The molecule has 0 fully saturated rings. The number of hydrogen-bond acceptors (Lipinski definition) is 10. The highest BCUT2D eigenvalue weighted by atomic mass is 16.4. The first-order chi connectivity index (χ1) is 18.6. The topological polar surface area (TPSA) is 301 Å². The Balaban J connectivity index is 5.54. The summed E-state index contributed by atoms with van der Waals surface area (Å²) >= 11 is 0. The van der Waals surface area contributed by atoms with Crippen LogP contribution in [0.5, 0.6) is 0 Å². The summed E-state index contributed by atoms with van der Waals surface area (Å²) in [6.45, 7) is 2.46. The Hall–Kier alpha value is -3.83. The molecule has 0 aromatic carbocycles. The standard InChI is InChI=1S/C23H40N6O11/c1-11(2)18(22(38)26-13(23(39)40)5-3-4-8-24)29-20(36)14(9-17(33)34)27-21(37)15(10-30)28-19(35)12(25)6-7-16(31)32/h11-15,18,30H,3-10,24-25H2,1-2H3,(H,26,38)(H,27,37)(H,28,35)(H,29,36)(H,31,32)(H,33,34)(H,39,40)/t12-,13-,14-,15-,18-/m0/s1. The summed E-state index contributed by atoms with van der Waals surface area (Å²) in [5.41, 5.74) is 11.0. The summed E-state index contributed by atoms with van der Waals surface area (Å²) < 4.78 is 0. The molecule has 0 saturated heterocycles. The van der Waals surface area contributed by atoms with Crippen LogP contribution in [-0.2, 0) is 33.6 Å². The maximum atomic E-state index is 12.9. The van der Waals surface area contributed by atoms with Crippen LogP contribution in [0.2, 0.25) is 0 Å². The van der Waals surface area contributed by atoms with Gasteiger partial charge in [0.2, 0.25) is 23.6 Å². The van der Waals surface area contributed by atoms with E-state index in [1.165, 1.54) is 0 Å². The lowest BCUT2D eigenvalue weighted by Crippen LogP contribution is -2.60. The second kappa shape index (κ2) is 18.5. The van der Waals surface area contributed by atoms with Gasteiger partial charge in [0.25, 0.3) is 0 Å². The smallest absolute Gasteiger partial charge is 0.326 e. The van der Waals surface area contributed by atoms with E-state index in [0.29, 0.717) is 19.4 Å². The van der Waals surface area contributed by atoms with Crippen LogP contribution in [0.25, 0.3) is 0 Å². The molecule has 0 heterocycles. The fourth-order valence-corrected chi connectivity index (χ4v) is 3.34. The molecule has 0 rings (SSSR count). The first-order valence-corrected chi connectivity index (χ1v) is 12.6. The number of carboxylic acid groups (broad SMARTS) is 3. The predicted molar refractivity (Wildman–Crippen MR) is 137 cm³/mol. The van der Waals surface area contributed by atoms with Crippen LogP contribution in [0.1, 0.15) is 52.4 Å². The number of rotatable bonds is 20. The number of nitrogens with two attached hydrogens (primary N) is 2. The first-order valence-electron chi connectivity index (χ1n) is 12.6. The fourth-order valence-electron chi connectivity index (χ4n) is 3.34. The van der Waals surface area contributed by atoms with E-state index in [1.807, 2.05) is 0 Å². The third-order valence-electron chi connectivity index (χ3n) is 5.64. The SMILES string of the molecule is CC(C)[C@H](NC(=O)[C@H](CC(=O)O)NC(=O)[C@H](CO)NC(=O)[C@@H](N)CCC(=O)O)C(=O)N[C@@H](CCCCN)C(=O)O. The molecule has 5 atom stereocenters. The molecule has 0 aliphatic carbocycles. The summed E-state index contributed by atoms with van der Waals surface area (Å²) in [6.07, 6.45) is -0.597. The number of amides is 4. The summed E-state index contributed by atoms with van der Waals surface area (Å²) in [5.74, 6) is -8.65. The normalized spacial score (nSPS) is 14.7. The first kappa shape index (κ1) is 36.2. The number of unbranched alkanes of at least 4 members (excludes halogenated alkanes) is 1. The van der Waals surface area contributed by atoms with Crippen LogP contribution in [-0.4, -0.2) is 105 Å². The molecule has 0 aromatic rings. The van der Waals surface area contributed by atoms with E-state index in [4.69, 9.17) is 16.6 Å². The maximum Gasteiger partial charge on any atom is 0.326 e. The van der Waals surface area contributed by atoms with Crippen molar-refractivity contribution in [2.24, 2.45) is 17.4 Å². The third-order valence-corrected chi connectivity index (χ3v) is 5.64. The van der Waals surface area contributed by atoms with E-state index in [1.54, 1.807) is 13.8 Å². The number of aliphatic carboxylic acids is 3. The predicted octanol–water partition coefficient (Wildman–Crippen LogP) is -3.55. The van der Waals surface area contributed by atoms with Gasteiger partial charge in [-0.1, -0.05) is 13.8 Å². The van der Waals surface area contributed by atoms with E-state index < -0.39 is 97.1 Å². The summed E-state index contributed by atoms with van der Waals surface area (Å²) in [5, 5.41) is 45.7. The zero-order chi connectivity index (χ0) is 31.0. The molecule has 0 spiro atoms. The van der Waals surface area contributed by atoms with Crippen LogP contribution in [0.4, 0.5) is 0 Å². The maximum absolute atomic E-state index is 12.9. The number of aliphatic hydroxyl groups is 1. The van der Waals surface area contributed by atoms with E-state index in [0.717, 1.165) is 0 Å². The van der Waals surface area contributed by atoms with Gasteiger partial charge in [-0.3, -0.25) is 28.8 Å². The lowest BCUT2D eigenvalue weighted by Gasteiger charge is -2.27. The van der Waals surface area contributed by atoms with Gasteiger partial charge >= 0.3 is 17.9 Å². The largest absolute Gasteiger partial charge is 0.481 e. The van der Waals surface area contributed by atoms with Crippen molar-refractivity contribution in [3.63, 3.8) is 0 Å². The fraction of sp³-hybridized carbons (Fsp3) is 0.696. The van der Waals surface area contributed by atoms with Crippen LogP contribution in [0.3, 0.4) is 0 Å². The van der Waals surface area contributed by atoms with E-state index in [2.05, 4.69) is 21.3 Å². The molecule has 0 unspecified atom stereocenters. The van der Waals surface area contributed by atoms with Crippen molar-refractivity contribution in [3.05, 3.63) is 0 Å². The van der Waals surface area contributed by atoms with Gasteiger partial charge in [0.15, 0.2) is 0 Å². The summed E-state index contributed by atoms with van der Waals surface area (Å²) in [4.78, 5) is 84.1. The number of hydrogen-bond donors (Lipinski definition) is 10. The molecule has 0 aliphatic heterocycles. The van der Waals surface area contributed by atoms with Gasteiger partial charge in [0, 0.05) is 6.42 Å². The Morgan fingerprint density at radius 1 is 0.700 bits per heavy atom. The molecule has 0 saturated carbocycles. The molecule has 17 heteroatoms. The molecule has 228 valence electrons. The van der Waals surface area contributed by atoms with Gasteiger partial charge in [0.1, 0.15) is 24.2 Å². The molecule has 0 aliphatic rings. The molecular weight excluding hydrogens is 536 g/mol. The molecule has 0 aromatic heterocycles. The highest BCUT2D eigenvalue weighted by molar-refractivity contribution is 5.96. The Kier molecular flexibility index (Phi) is 16.7. The third kappa shape index (κ3) is 13.8. The van der Waals surface area contributed by atoms with Gasteiger partial charge in [-0.2, -0.15) is 0 Å². The molecule has 0 radical (unpaired) electrons. The molecule has 40 heavy (non-hydrogen) atoms. The number of carbonyl (C=O) groups excluding carboxylic acids is 4. The van der Waals surface area contributed by atoms with E-state index >= 15 is 0 Å². The van der Waals surface area contributed by atoms with Crippen LogP contribution < -0.4 is 32.7 Å². The zero-order valence-corrected chi connectivity index (χ0v) is 22.4. The Morgan fingerprint density at radius 3 is 1.73 bits per heavy atom. The van der Waals surface area contributed by atoms with Gasteiger partial charge in [-0.15, -0.1) is 0 Å². The number of aliphatic hydroxyl groups excluding tert-OH is 1. The minimum absolute atomic E-state index is 0.0863. The van der Waals surface area contributed by atoms with Crippen molar-refractivity contribution in [2.75, 3.05) is 13.2 Å². The average Bonchev–Trinajstić information content (AvgIpc) is 2.86. The minimum Gasteiger partial charge on any atom is -0.481 e. The number of carbonyl (C=O) groups is 7. The van der Waals surface area contributed by atoms with Gasteiger partial charge in [-0.05, 0) is 38.1 Å². The van der Waals surface area contributed by atoms with Crippen LogP contribution in [0, 0.1) is 5.92 Å². The van der Waals surface area contributed by atoms with Gasteiger partial charge in [0.05, 0.1) is 19.1 Å². The molecule has 4 amide bonds. The molecule has 12 N–H and O–H groups in total. The van der Waals surface area contributed by atoms with Crippen molar-refractivity contribution in [2.45, 2.75) is 82.6 Å².